The summed E-state index contributed by atoms with van der Waals surface area (Å²) in [4.78, 5) is 20.7. The highest BCUT2D eigenvalue weighted by molar-refractivity contribution is 5.99. The van der Waals surface area contributed by atoms with Crippen molar-refractivity contribution in [1.82, 2.24) is 9.88 Å². The molecule has 0 bridgehead atoms. The van der Waals surface area contributed by atoms with Crippen LogP contribution in [0.15, 0.2) is 42.6 Å². The molecule has 2 atom stereocenters. The number of benzene rings is 1. The normalized spacial score (nSPS) is 24.3. The van der Waals surface area contributed by atoms with Crippen LogP contribution in [0.4, 0.5) is 14.6 Å². The molecule has 0 N–H and O–H groups in total. The lowest BCUT2D eigenvalue weighted by Crippen LogP contribution is -2.33. The van der Waals surface area contributed by atoms with E-state index in [0.717, 1.165) is 25.5 Å². The van der Waals surface area contributed by atoms with Gasteiger partial charge in [-0.3, -0.25) is 14.6 Å². The Kier molecular flexibility index (Phi) is 3.34. The molecule has 0 radical (unpaired) electrons. The van der Waals surface area contributed by atoms with Gasteiger partial charge >= 0.3 is 0 Å². The molecular weight excluding hydrogens is 300 g/mol. The Morgan fingerprint density at radius 3 is 2.74 bits per heavy atom. The topological polar surface area (TPSA) is 36.4 Å². The SMILES string of the molecule is O=C1C2CCCN2C(c2ccc(F)c(F)c2)N1c1ccccn1. The van der Waals surface area contributed by atoms with Gasteiger partial charge in [0, 0.05) is 12.7 Å². The fourth-order valence-corrected chi connectivity index (χ4v) is 3.52. The van der Waals surface area contributed by atoms with E-state index < -0.39 is 17.8 Å². The van der Waals surface area contributed by atoms with Crippen LogP contribution in [0.1, 0.15) is 24.6 Å². The van der Waals surface area contributed by atoms with Crippen LogP contribution in [-0.2, 0) is 4.79 Å². The molecule has 2 aliphatic rings. The molecule has 23 heavy (non-hydrogen) atoms. The van der Waals surface area contributed by atoms with Crippen LogP contribution in [0.5, 0.6) is 0 Å². The van der Waals surface area contributed by atoms with Gasteiger partial charge in [0.1, 0.15) is 12.0 Å². The summed E-state index contributed by atoms with van der Waals surface area (Å²) >= 11 is 0. The Morgan fingerprint density at radius 1 is 1.13 bits per heavy atom. The number of fused-ring (bicyclic) bond motifs is 1. The first kappa shape index (κ1) is 14.3. The lowest BCUT2D eigenvalue weighted by Gasteiger charge is -2.29. The van der Waals surface area contributed by atoms with Crippen LogP contribution in [0.3, 0.4) is 0 Å². The van der Waals surface area contributed by atoms with Gasteiger partial charge in [-0.05, 0) is 42.7 Å². The quantitative estimate of drug-likeness (QED) is 0.855. The van der Waals surface area contributed by atoms with Crippen LogP contribution < -0.4 is 4.90 Å². The van der Waals surface area contributed by atoms with Crippen LogP contribution in [0.25, 0.3) is 0 Å². The van der Waals surface area contributed by atoms with Gasteiger partial charge in [-0.15, -0.1) is 0 Å². The molecule has 2 saturated heterocycles. The van der Waals surface area contributed by atoms with Crippen LogP contribution >= 0.6 is 0 Å². The molecule has 1 aromatic carbocycles. The number of carbonyl (C=O) groups excluding carboxylic acids is 1. The van der Waals surface area contributed by atoms with Crippen molar-refractivity contribution in [3.8, 4) is 0 Å². The maximum Gasteiger partial charge on any atom is 0.247 e. The van der Waals surface area contributed by atoms with E-state index in [9.17, 15) is 13.6 Å². The number of halogens is 2. The summed E-state index contributed by atoms with van der Waals surface area (Å²) in [6.07, 6.45) is 2.88. The number of rotatable bonds is 2. The average molecular weight is 315 g/mol. The smallest absolute Gasteiger partial charge is 0.247 e. The molecule has 4 nitrogen and oxygen atoms in total. The van der Waals surface area contributed by atoms with E-state index in [-0.39, 0.29) is 11.9 Å². The number of carbonyl (C=O) groups is 1. The molecule has 6 heteroatoms. The van der Waals surface area contributed by atoms with Gasteiger partial charge in [0.05, 0.1) is 6.04 Å². The third-order valence-corrected chi connectivity index (χ3v) is 4.51. The summed E-state index contributed by atoms with van der Waals surface area (Å²) < 4.78 is 27.0. The Bertz CT molecular complexity index is 753. The highest BCUT2D eigenvalue weighted by Crippen LogP contribution is 2.41. The first-order valence-electron chi connectivity index (χ1n) is 7.61. The molecule has 0 saturated carbocycles. The molecule has 3 heterocycles. The molecule has 4 rings (SSSR count). The number of pyridine rings is 1. The van der Waals surface area contributed by atoms with Crippen molar-refractivity contribution in [2.24, 2.45) is 0 Å². The highest BCUT2D eigenvalue weighted by Gasteiger charge is 2.49. The van der Waals surface area contributed by atoms with Gasteiger partial charge in [-0.1, -0.05) is 12.1 Å². The standard InChI is InChI=1S/C17H15F2N3O/c18-12-7-6-11(10-13(12)19)16-21-9-3-4-14(21)17(23)22(16)15-5-1-2-8-20-15/h1-2,5-8,10,14,16H,3-4,9H2. The molecule has 2 unspecified atom stereocenters. The second-order valence-electron chi connectivity index (χ2n) is 5.84. The maximum atomic E-state index is 13.7. The molecule has 2 aliphatic heterocycles. The van der Waals surface area contributed by atoms with Crippen molar-refractivity contribution in [3.63, 3.8) is 0 Å². The van der Waals surface area contributed by atoms with Crippen molar-refractivity contribution in [2.75, 3.05) is 11.4 Å². The summed E-state index contributed by atoms with van der Waals surface area (Å²) in [5.74, 6) is -1.29. The number of hydrogen-bond acceptors (Lipinski definition) is 3. The van der Waals surface area contributed by atoms with Gasteiger partial charge in [0.25, 0.3) is 0 Å². The van der Waals surface area contributed by atoms with Crippen molar-refractivity contribution in [2.45, 2.75) is 25.0 Å². The van der Waals surface area contributed by atoms with Crippen molar-refractivity contribution in [3.05, 3.63) is 59.8 Å². The molecule has 2 aromatic rings. The fraction of sp³-hybridized carbons (Fsp3) is 0.294. The molecule has 0 spiro atoms. The van der Waals surface area contributed by atoms with E-state index in [2.05, 4.69) is 4.98 Å². The minimum Gasteiger partial charge on any atom is -0.275 e. The van der Waals surface area contributed by atoms with E-state index in [4.69, 9.17) is 0 Å². The van der Waals surface area contributed by atoms with Crippen molar-refractivity contribution >= 4 is 11.7 Å². The molecule has 0 aliphatic carbocycles. The minimum atomic E-state index is -0.904. The van der Waals surface area contributed by atoms with Crippen LogP contribution in [-0.4, -0.2) is 28.4 Å². The van der Waals surface area contributed by atoms with Crippen LogP contribution in [0.2, 0.25) is 0 Å². The predicted octanol–water partition coefficient (Wildman–Crippen LogP) is 2.87. The molecule has 1 amide bonds. The zero-order chi connectivity index (χ0) is 16.0. The Labute approximate surface area is 132 Å². The molecular formula is C17H15F2N3O. The zero-order valence-electron chi connectivity index (χ0n) is 12.3. The third-order valence-electron chi connectivity index (χ3n) is 4.51. The number of hydrogen-bond donors (Lipinski definition) is 0. The van der Waals surface area contributed by atoms with Crippen molar-refractivity contribution in [1.29, 1.82) is 0 Å². The van der Waals surface area contributed by atoms with E-state index in [1.165, 1.54) is 12.1 Å². The van der Waals surface area contributed by atoms with E-state index in [1.54, 1.807) is 29.3 Å². The second kappa shape index (κ2) is 5.38. The van der Waals surface area contributed by atoms with Crippen molar-refractivity contribution < 1.29 is 13.6 Å². The summed E-state index contributed by atoms with van der Waals surface area (Å²) in [5, 5.41) is 0. The Balaban J connectivity index is 1.82. The number of aromatic nitrogens is 1. The first-order valence-corrected chi connectivity index (χ1v) is 7.61. The second-order valence-corrected chi connectivity index (χ2v) is 5.84. The first-order chi connectivity index (χ1) is 11.2. The maximum absolute atomic E-state index is 13.7. The summed E-state index contributed by atoms with van der Waals surface area (Å²) in [7, 11) is 0. The van der Waals surface area contributed by atoms with Gasteiger partial charge in [-0.25, -0.2) is 13.8 Å². The number of nitrogens with zero attached hydrogens (tertiary/aromatic N) is 3. The largest absolute Gasteiger partial charge is 0.275 e. The van der Waals surface area contributed by atoms with E-state index >= 15 is 0 Å². The summed E-state index contributed by atoms with van der Waals surface area (Å²) in [6.45, 7) is 0.753. The van der Waals surface area contributed by atoms with Gasteiger partial charge in [0.15, 0.2) is 11.6 Å². The molecule has 118 valence electrons. The third kappa shape index (κ3) is 2.21. The van der Waals surface area contributed by atoms with Crippen LogP contribution in [0, 0.1) is 11.6 Å². The molecule has 2 fully saturated rings. The minimum absolute atomic E-state index is 0.0315. The molecule has 1 aromatic heterocycles. The van der Waals surface area contributed by atoms with Gasteiger partial charge in [-0.2, -0.15) is 0 Å². The van der Waals surface area contributed by atoms with E-state index in [0.29, 0.717) is 11.4 Å². The lowest BCUT2D eigenvalue weighted by molar-refractivity contribution is -0.119. The Hall–Kier alpha value is -2.34. The average Bonchev–Trinajstić information content (AvgIpc) is 3.13. The highest BCUT2D eigenvalue weighted by atomic mass is 19.2. The van der Waals surface area contributed by atoms with Gasteiger partial charge < -0.3 is 0 Å². The summed E-state index contributed by atoms with van der Waals surface area (Å²) in [5.41, 5.74) is 0.562. The lowest BCUT2D eigenvalue weighted by atomic mass is 10.1. The summed E-state index contributed by atoms with van der Waals surface area (Å²) in [6, 6.07) is 8.94. The number of amides is 1. The monoisotopic (exact) mass is 315 g/mol. The predicted molar refractivity (Wildman–Crippen MR) is 80.6 cm³/mol. The fourth-order valence-electron chi connectivity index (χ4n) is 3.52. The van der Waals surface area contributed by atoms with Gasteiger partial charge in [0.2, 0.25) is 5.91 Å². The Morgan fingerprint density at radius 2 is 2.00 bits per heavy atom. The number of anilines is 1. The zero-order valence-corrected chi connectivity index (χ0v) is 12.3. The van der Waals surface area contributed by atoms with E-state index in [1.807, 2.05) is 4.90 Å².